The second kappa shape index (κ2) is 5.05. The van der Waals surface area contributed by atoms with Gasteiger partial charge in [0.2, 0.25) is 0 Å². The highest BCUT2D eigenvalue weighted by Crippen LogP contribution is 2.23. The highest BCUT2D eigenvalue weighted by atomic mass is 35.5. The van der Waals surface area contributed by atoms with Crippen molar-refractivity contribution in [3.05, 3.63) is 69.5 Å². The Morgan fingerprint density at radius 1 is 1.00 bits per heavy atom. The summed E-state index contributed by atoms with van der Waals surface area (Å²) in [6, 6.07) is 4.91. The summed E-state index contributed by atoms with van der Waals surface area (Å²) in [4.78, 5) is 12.1. The summed E-state index contributed by atoms with van der Waals surface area (Å²) in [6.07, 6.45) is 0. The van der Waals surface area contributed by atoms with Gasteiger partial charge in [-0.1, -0.05) is 11.6 Å². The van der Waals surface area contributed by atoms with E-state index in [1.54, 1.807) is 0 Å². The standard InChI is InChI=1S/C14H8ClF3O/c1-7-4-10(13(18)6-12(7)17)14(19)9-5-8(16)2-3-11(9)15/h2-6H,1H3. The summed E-state index contributed by atoms with van der Waals surface area (Å²) in [5, 5.41) is 0.00720. The Hall–Kier alpha value is -1.81. The van der Waals surface area contributed by atoms with Gasteiger partial charge in [-0.15, -0.1) is 0 Å². The third kappa shape index (κ3) is 2.63. The summed E-state index contributed by atoms with van der Waals surface area (Å²) in [7, 11) is 0. The van der Waals surface area contributed by atoms with Gasteiger partial charge in [0.05, 0.1) is 10.6 Å². The smallest absolute Gasteiger partial charge is 0.197 e. The van der Waals surface area contributed by atoms with Gasteiger partial charge in [0.15, 0.2) is 5.78 Å². The number of carbonyl (C=O) groups excluding carboxylic acids is 1. The van der Waals surface area contributed by atoms with Crippen LogP contribution in [0.5, 0.6) is 0 Å². The molecule has 1 nitrogen and oxygen atoms in total. The molecule has 0 aliphatic carbocycles. The monoisotopic (exact) mass is 284 g/mol. The lowest BCUT2D eigenvalue weighted by atomic mass is 10.0. The molecule has 0 unspecified atom stereocenters. The topological polar surface area (TPSA) is 17.1 Å². The predicted octanol–water partition coefficient (Wildman–Crippen LogP) is 4.30. The predicted molar refractivity (Wildman–Crippen MR) is 65.9 cm³/mol. The molecule has 0 amide bonds. The van der Waals surface area contributed by atoms with Crippen LogP contribution >= 0.6 is 11.6 Å². The maximum atomic E-state index is 13.6. The van der Waals surface area contributed by atoms with Crippen LogP contribution < -0.4 is 0 Å². The molecule has 5 heteroatoms. The lowest BCUT2D eigenvalue weighted by molar-refractivity contribution is 0.103. The average Bonchev–Trinajstić information content (AvgIpc) is 2.36. The van der Waals surface area contributed by atoms with Gasteiger partial charge in [-0.05, 0) is 36.8 Å². The number of carbonyl (C=O) groups is 1. The van der Waals surface area contributed by atoms with Crippen LogP contribution in [0.25, 0.3) is 0 Å². The van der Waals surface area contributed by atoms with Crippen LogP contribution in [0.15, 0.2) is 30.3 Å². The van der Waals surface area contributed by atoms with Gasteiger partial charge in [-0.2, -0.15) is 0 Å². The van der Waals surface area contributed by atoms with E-state index in [1.807, 2.05) is 0 Å². The van der Waals surface area contributed by atoms with Gasteiger partial charge in [0, 0.05) is 11.6 Å². The fourth-order valence-electron chi connectivity index (χ4n) is 1.65. The molecule has 2 rings (SSSR count). The second-order valence-corrected chi connectivity index (χ2v) is 4.44. The van der Waals surface area contributed by atoms with Crippen LogP contribution in [-0.4, -0.2) is 5.78 Å². The molecule has 0 heterocycles. The number of aryl methyl sites for hydroxylation is 1. The van der Waals surface area contributed by atoms with E-state index in [0.29, 0.717) is 6.07 Å². The molecule has 19 heavy (non-hydrogen) atoms. The highest BCUT2D eigenvalue weighted by Gasteiger charge is 2.19. The Morgan fingerprint density at radius 2 is 1.68 bits per heavy atom. The molecule has 0 fully saturated rings. The Balaban J connectivity index is 2.56. The molecule has 0 saturated carbocycles. The first-order valence-electron chi connectivity index (χ1n) is 5.35. The maximum absolute atomic E-state index is 13.6. The van der Waals surface area contributed by atoms with Crippen LogP contribution in [-0.2, 0) is 0 Å². The van der Waals surface area contributed by atoms with Gasteiger partial charge in [0.25, 0.3) is 0 Å². The maximum Gasteiger partial charge on any atom is 0.197 e. The van der Waals surface area contributed by atoms with Crippen molar-refractivity contribution in [2.24, 2.45) is 0 Å². The number of halogens is 4. The zero-order chi connectivity index (χ0) is 14.2. The Morgan fingerprint density at radius 3 is 2.37 bits per heavy atom. The Bertz CT molecular complexity index is 668. The first-order chi connectivity index (χ1) is 8.90. The van der Waals surface area contributed by atoms with Crippen molar-refractivity contribution in [2.75, 3.05) is 0 Å². The summed E-state index contributed by atoms with van der Waals surface area (Å²) in [6.45, 7) is 1.40. The lowest BCUT2D eigenvalue weighted by Crippen LogP contribution is -2.07. The minimum absolute atomic E-state index is 0.00720. The van der Waals surface area contributed by atoms with E-state index < -0.39 is 23.2 Å². The first kappa shape index (κ1) is 13.6. The van der Waals surface area contributed by atoms with Crippen molar-refractivity contribution < 1.29 is 18.0 Å². The molecule has 0 spiro atoms. The van der Waals surface area contributed by atoms with Crippen LogP contribution in [0.2, 0.25) is 5.02 Å². The third-order valence-corrected chi connectivity index (χ3v) is 3.00. The Kier molecular flexibility index (Phi) is 3.62. The van der Waals surface area contributed by atoms with Crippen molar-refractivity contribution in [1.82, 2.24) is 0 Å². The summed E-state index contributed by atoms with van der Waals surface area (Å²) in [5.41, 5.74) is -0.379. The highest BCUT2D eigenvalue weighted by molar-refractivity contribution is 6.35. The first-order valence-corrected chi connectivity index (χ1v) is 5.73. The van der Waals surface area contributed by atoms with Gasteiger partial charge >= 0.3 is 0 Å². The van der Waals surface area contributed by atoms with E-state index in [0.717, 1.165) is 18.2 Å². The van der Waals surface area contributed by atoms with Crippen molar-refractivity contribution in [1.29, 1.82) is 0 Å². The van der Waals surface area contributed by atoms with Gasteiger partial charge < -0.3 is 0 Å². The molecule has 0 N–H and O–H groups in total. The molecular weight excluding hydrogens is 277 g/mol. The molecule has 0 aliphatic heterocycles. The normalized spacial score (nSPS) is 10.6. The van der Waals surface area contributed by atoms with Crippen LogP contribution in [0.3, 0.4) is 0 Å². The molecule has 0 radical (unpaired) electrons. The van der Waals surface area contributed by atoms with E-state index in [2.05, 4.69) is 0 Å². The summed E-state index contributed by atoms with van der Waals surface area (Å²) < 4.78 is 39.8. The van der Waals surface area contributed by atoms with E-state index in [4.69, 9.17) is 11.6 Å². The van der Waals surface area contributed by atoms with Crippen LogP contribution in [0.1, 0.15) is 21.5 Å². The van der Waals surface area contributed by atoms with Crippen LogP contribution in [0, 0.1) is 24.4 Å². The largest absolute Gasteiger partial charge is 0.288 e. The second-order valence-electron chi connectivity index (χ2n) is 4.03. The number of benzene rings is 2. The minimum atomic E-state index is -1.01. The third-order valence-electron chi connectivity index (χ3n) is 2.67. The molecular formula is C14H8ClF3O. The van der Waals surface area contributed by atoms with Crippen LogP contribution in [0.4, 0.5) is 13.2 Å². The number of hydrogen-bond acceptors (Lipinski definition) is 1. The molecule has 98 valence electrons. The molecule has 0 atom stereocenters. The van der Waals surface area contributed by atoms with Gasteiger partial charge in [0.1, 0.15) is 17.5 Å². The van der Waals surface area contributed by atoms with E-state index in [1.165, 1.54) is 13.0 Å². The molecule has 0 bridgehead atoms. The number of rotatable bonds is 2. The van der Waals surface area contributed by atoms with E-state index in [9.17, 15) is 18.0 Å². The van der Waals surface area contributed by atoms with Crippen molar-refractivity contribution >= 4 is 17.4 Å². The van der Waals surface area contributed by atoms with Crippen molar-refractivity contribution in [3.63, 3.8) is 0 Å². The minimum Gasteiger partial charge on any atom is -0.288 e. The molecule has 0 aromatic heterocycles. The summed E-state index contributed by atoms with van der Waals surface area (Å²) >= 11 is 5.78. The lowest BCUT2D eigenvalue weighted by Gasteiger charge is -2.07. The van der Waals surface area contributed by atoms with Gasteiger partial charge in [-0.3, -0.25) is 4.79 Å². The van der Waals surface area contributed by atoms with E-state index >= 15 is 0 Å². The van der Waals surface area contributed by atoms with Crippen molar-refractivity contribution in [2.45, 2.75) is 6.92 Å². The number of hydrogen-bond donors (Lipinski definition) is 0. The fourth-order valence-corrected chi connectivity index (χ4v) is 1.85. The van der Waals surface area contributed by atoms with Crippen molar-refractivity contribution in [3.8, 4) is 0 Å². The Labute approximate surface area is 112 Å². The quantitative estimate of drug-likeness (QED) is 0.752. The molecule has 0 aliphatic rings. The van der Waals surface area contributed by atoms with Gasteiger partial charge in [-0.25, -0.2) is 13.2 Å². The zero-order valence-electron chi connectivity index (χ0n) is 9.81. The number of ketones is 1. The SMILES string of the molecule is Cc1cc(C(=O)c2cc(F)ccc2Cl)c(F)cc1F. The molecule has 2 aromatic carbocycles. The summed E-state index contributed by atoms with van der Waals surface area (Å²) in [5.74, 6) is -3.20. The van der Waals surface area contributed by atoms with E-state index in [-0.39, 0.29) is 21.7 Å². The molecule has 2 aromatic rings. The molecule has 0 saturated heterocycles. The average molecular weight is 285 g/mol. The zero-order valence-corrected chi connectivity index (χ0v) is 10.6. The fraction of sp³-hybridized carbons (Fsp3) is 0.0714.